The second kappa shape index (κ2) is 5.26. The first kappa shape index (κ1) is 12.5. The van der Waals surface area contributed by atoms with E-state index in [4.69, 9.17) is 0 Å². The summed E-state index contributed by atoms with van der Waals surface area (Å²) in [7, 11) is 0. The zero-order valence-corrected chi connectivity index (χ0v) is 10.2. The topological polar surface area (TPSA) is 0 Å². The molecule has 0 aliphatic carbocycles. The van der Waals surface area contributed by atoms with Crippen LogP contribution in [-0.2, 0) is 0 Å². The minimum absolute atomic E-state index is 0.636. The van der Waals surface area contributed by atoms with Crippen molar-refractivity contribution in [3.8, 4) is 0 Å². The summed E-state index contributed by atoms with van der Waals surface area (Å²) in [6.45, 7) is 15.6. The van der Waals surface area contributed by atoms with Crippen molar-refractivity contribution in [2.45, 2.75) is 48.5 Å². The predicted octanol–water partition coefficient (Wildman–Crippen LogP) is 4.58. The lowest BCUT2D eigenvalue weighted by molar-refractivity contribution is 0.705. The smallest absolute Gasteiger partial charge is 0.0219 e. The van der Waals surface area contributed by atoms with Gasteiger partial charge >= 0.3 is 0 Å². The summed E-state index contributed by atoms with van der Waals surface area (Å²) in [6.07, 6.45) is 2.32. The first-order chi connectivity index (χ1) is 5.86. The van der Waals surface area contributed by atoms with Gasteiger partial charge in [-0.3, -0.25) is 0 Å². The van der Waals surface area contributed by atoms with Gasteiger partial charge in [0.15, 0.2) is 0 Å². The highest BCUT2D eigenvalue weighted by Crippen LogP contribution is 2.22. The Bertz CT molecular complexity index is 210. The minimum Gasteiger partial charge on any atom is -0.0762 e. The largest absolute Gasteiger partial charge is 0.0762 e. The highest BCUT2D eigenvalue weighted by atomic mass is 14.1. The van der Waals surface area contributed by atoms with Crippen LogP contribution in [0.15, 0.2) is 22.8 Å². The monoisotopic (exact) mass is 180 g/mol. The summed E-state index contributed by atoms with van der Waals surface area (Å²) in [6, 6.07) is 0. The van der Waals surface area contributed by atoms with E-state index in [0.717, 1.165) is 0 Å². The Morgan fingerprint density at radius 2 is 1.31 bits per heavy atom. The molecule has 0 saturated heterocycles. The lowest BCUT2D eigenvalue weighted by atomic mass is 9.90. The average molecular weight is 180 g/mol. The zero-order valence-electron chi connectivity index (χ0n) is 10.2. The summed E-state index contributed by atoms with van der Waals surface area (Å²) >= 11 is 0. The lowest BCUT2D eigenvalue weighted by Crippen LogP contribution is -2.00. The van der Waals surface area contributed by atoms with E-state index < -0.39 is 0 Å². The molecule has 0 nitrogen and oxygen atoms in total. The molecule has 0 spiro atoms. The maximum Gasteiger partial charge on any atom is -0.0219 e. The Morgan fingerprint density at radius 1 is 0.846 bits per heavy atom. The Kier molecular flexibility index (Phi) is 5.05. The van der Waals surface area contributed by atoms with Gasteiger partial charge in [-0.05, 0) is 38.2 Å². The van der Waals surface area contributed by atoms with Crippen molar-refractivity contribution >= 4 is 0 Å². The molecule has 13 heavy (non-hydrogen) atoms. The molecule has 0 saturated carbocycles. The van der Waals surface area contributed by atoms with Crippen LogP contribution in [0.1, 0.15) is 48.5 Å². The normalized spacial score (nSPS) is 13.3. The van der Waals surface area contributed by atoms with Gasteiger partial charge in [-0.15, -0.1) is 0 Å². The van der Waals surface area contributed by atoms with Gasteiger partial charge in [0.1, 0.15) is 0 Å². The molecule has 0 amide bonds. The molecule has 0 aliphatic heterocycles. The van der Waals surface area contributed by atoms with E-state index in [-0.39, 0.29) is 0 Å². The first-order valence-electron chi connectivity index (χ1n) is 5.21. The molecule has 0 N–H and O–H groups in total. The fraction of sp³-hybridized carbons (Fsp3) is 0.692. The SMILES string of the molecule is CC(C)=C/C(=C(\C)C(C)C)C(C)C. The molecule has 0 aromatic rings. The molecule has 0 fully saturated rings. The molecule has 0 atom stereocenters. The van der Waals surface area contributed by atoms with E-state index in [1.54, 1.807) is 0 Å². The fourth-order valence-electron chi connectivity index (χ4n) is 1.38. The predicted molar refractivity (Wildman–Crippen MR) is 61.8 cm³/mol. The average Bonchev–Trinajstić information content (AvgIpc) is 1.97. The summed E-state index contributed by atoms with van der Waals surface area (Å²) in [5.74, 6) is 1.30. The molecule has 0 heterocycles. The van der Waals surface area contributed by atoms with Gasteiger partial charge in [0, 0.05) is 0 Å². The summed E-state index contributed by atoms with van der Waals surface area (Å²) in [5, 5.41) is 0. The van der Waals surface area contributed by atoms with Gasteiger partial charge in [-0.1, -0.05) is 44.9 Å². The fourth-order valence-corrected chi connectivity index (χ4v) is 1.38. The number of allylic oxidation sites excluding steroid dienone is 4. The van der Waals surface area contributed by atoms with Crippen LogP contribution in [0.25, 0.3) is 0 Å². The van der Waals surface area contributed by atoms with Gasteiger partial charge in [-0.25, -0.2) is 0 Å². The highest BCUT2D eigenvalue weighted by Gasteiger charge is 2.07. The number of rotatable bonds is 3. The number of hydrogen-bond acceptors (Lipinski definition) is 0. The summed E-state index contributed by atoms with van der Waals surface area (Å²) in [4.78, 5) is 0. The van der Waals surface area contributed by atoms with Crippen LogP contribution in [-0.4, -0.2) is 0 Å². The Labute approximate surface area is 83.7 Å². The maximum atomic E-state index is 2.32. The molecular weight excluding hydrogens is 156 g/mol. The van der Waals surface area contributed by atoms with Crippen molar-refractivity contribution in [3.63, 3.8) is 0 Å². The van der Waals surface area contributed by atoms with Gasteiger partial charge in [-0.2, -0.15) is 0 Å². The molecule has 0 rings (SSSR count). The summed E-state index contributed by atoms with van der Waals surface area (Å²) in [5.41, 5.74) is 4.43. The van der Waals surface area contributed by atoms with E-state index in [1.165, 1.54) is 16.7 Å². The molecule has 0 bridgehead atoms. The van der Waals surface area contributed by atoms with E-state index in [0.29, 0.717) is 11.8 Å². The van der Waals surface area contributed by atoms with Crippen molar-refractivity contribution < 1.29 is 0 Å². The number of hydrogen-bond donors (Lipinski definition) is 0. The second-order valence-electron chi connectivity index (χ2n) is 4.67. The van der Waals surface area contributed by atoms with Gasteiger partial charge in [0.05, 0.1) is 0 Å². The zero-order chi connectivity index (χ0) is 10.6. The van der Waals surface area contributed by atoms with E-state index in [2.05, 4.69) is 54.5 Å². The summed E-state index contributed by atoms with van der Waals surface area (Å²) < 4.78 is 0. The molecule has 0 aliphatic rings. The van der Waals surface area contributed by atoms with Crippen LogP contribution in [0, 0.1) is 11.8 Å². The molecule has 0 unspecified atom stereocenters. The molecule has 0 radical (unpaired) electrons. The van der Waals surface area contributed by atoms with Crippen molar-refractivity contribution in [1.82, 2.24) is 0 Å². The van der Waals surface area contributed by atoms with Crippen LogP contribution in [0.4, 0.5) is 0 Å². The molecule has 0 aromatic carbocycles. The van der Waals surface area contributed by atoms with Crippen LogP contribution in [0.5, 0.6) is 0 Å². The quantitative estimate of drug-likeness (QED) is 0.558. The van der Waals surface area contributed by atoms with Gasteiger partial charge in [0.25, 0.3) is 0 Å². The maximum absolute atomic E-state index is 2.32. The van der Waals surface area contributed by atoms with E-state index >= 15 is 0 Å². The van der Waals surface area contributed by atoms with Crippen molar-refractivity contribution in [1.29, 1.82) is 0 Å². The third-order valence-electron chi connectivity index (χ3n) is 2.39. The third-order valence-corrected chi connectivity index (χ3v) is 2.39. The van der Waals surface area contributed by atoms with Crippen LogP contribution in [0.2, 0.25) is 0 Å². The van der Waals surface area contributed by atoms with Crippen LogP contribution < -0.4 is 0 Å². The first-order valence-corrected chi connectivity index (χ1v) is 5.21. The van der Waals surface area contributed by atoms with Gasteiger partial charge in [0.2, 0.25) is 0 Å². The lowest BCUT2D eigenvalue weighted by Gasteiger charge is -2.15. The molecule has 0 aromatic heterocycles. The Hall–Kier alpha value is -0.520. The van der Waals surface area contributed by atoms with E-state index in [9.17, 15) is 0 Å². The Morgan fingerprint density at radius 3 is 1.54 bits per heavy atom. The van der Waals surface area contributed by atoms with Crippen molar-refractivity contribution in [2.24, 2.45) is 11.8 Å². The second-order valence-corrected chi connectivity index (χ2v) is 4.67. The van der Waals surface area contributed by atoms with Crippen molar-refractivity contribution in [2.75, 3.05) is 0 Å². The van der Waals surface area contributed by atoms with Crippen LogP contribution >= 0.6 is 0 Å². The molecular formula is C13H24. The minimum atomic E-state index is 0.636. The molecule has 0 heteroatoms. The Balaban J connectivity index is 5.01. The molecule has 76 valence electrons. The third kappa shape index (κ3) is 4.31. The highest BCUT2D eigenvalue weighted by molar-refractivity contribution is 5.29. The van der Waals surface area contributed by atoms with E-state index in [1.807, 2.05) is 0 Å². The van der Waals surface area contributed by atoms with Crippen LogP contribution in [0.3, 0.4) is 0 Å². The standard InChI is InChI=1S/C13H24/c1-9(2)8-13(11(5)6)12(7)10(3)4/h8,10-11H,1-7H3/b13-12-. The van der Waals surface area contributed by atoms with Crippen molar-refractivity contribution in [3.05, 3.63) is 22.8 Å². The van der Waals surface area contributed by atoms with Gasteiger partial charge < -0.3 is 0 Å².